The minimum absolute atomic E-state index is 0.195. The molecule has 0 aliphatic carbocycles. The van der Waals surface area contributed by atoms with Crippen LogP contribution in [-0.2, 0) is 28.2 Å². The molecule has 48 heavy (non-hydrogen) atoms. The predicted molar refractivity (Wildman–Crippen MR) is 197 cm³/mol. The molecule has 1 atom stereocenters. The second kappa shape index (κ2) is 34.6. The van der Waals surface area contributed by atoms with Crippen LogP contribution in [0, 0.1) is 0 Å². The molecule has 0 aromatic carbocycles. The highest BCUT2D eigenvalue weighted by Crippen LogP contribution is 2.36. The third kappa shape index (κ3) is 36.6. The average molecular weight is 695 g/mol. The van der Waals surface area contributed by atoms with E-state index in [0.29, 0.717) is 12.8 Å². The van der Waals surface area contributed by atoms with Crippen molar-refractivity contribution < 1.29 is 37.9 Å². The van der Waals surface area contributed by atoms with Crippen LogP contribution in [0.5, 0.6) is 0 Å². The van der Waals surface area contributed by atoms with E-state index in [1.54, 1.807) is 0 Å². The molecule has 0 heterocycles. The molecule has 0 radical (unpaired) electrons. The summed E-state index contributed by atoms with van der Waals surface area (Å²) in [6.07, 6.45) is 42.3. The van der Waals surface area contributed by atoms with Gasteiger partial charge in [0.2, 0.25) is 0 Å². The van der Waals surface area contributed by atoms with Crippen molar-refractivity contribution in [1.82, 2.24) is 0 Å². The molecule has 8 nitrogen and oxygen atoms in total. The lowest BCUT2D eigenvalue weighted by atomic mass is 10.1. The van der Waals surface area contributed by atoms with Crippen LogP contribution >= 0.6 is 7.82 Å². The van der Waals surface area contributed by atoms with E-state index in [1.807, 2.05) is 0 Å². The van der Waals surface area contributed by atoms with E-state index in [0.717, 1.165) is 64.2 Å². The molecule has 0 bridgehead atoms. The molecule has 2 N–H and O–H groups in total. The first-order valence-corrected chi connectivity index (χ1v) is 20.1. The van der Waals surface area contributed by atoms with Crippen molar-refractivity contribution in [2.24, 2.45) is 0 Å². The van der Waals surface area contributed by atoms with Crippen LogP contribution in [0.2, 0.25) is 0 Å². The second-order valence-electron chi connectivity index (χ2n) is 12.2. The van der Waals surface area contributed by atoms with Gasteiger partial charge in [0.05, 0.1) is 6.61 Å². The fraction of sp³-hybridized carbons (Fsp3) is 0.692. The third-order valence-corrected chi connectivity index (χ3v) is 8.01. The fourth-order valence-corrected chi connectivity index (χ4v) is 5.13. The summed E-state index contributed by atoms with van der Waals surface area (Å²) < 4.78 is 26.3. The van der Waals surface area contributed by atoms with E-state index in [4.69, 9.17) is 19.3 Å². The zero-order valence-electron chi connectivity index (χ0n) is 30.1. The van der Waals surface area contributed by atoms with E-state index in [2.05, 4.69) is 79.1 Å². The lowest BCUT2D eigenvalue weighted by molar-refractivity contribution is -0.161. The van der Waals surface area contributed by atoms with Gasteiger partial charge in [0.1, 0.15) is 6.61 Å². The van der Waals surface area contributed by atoms with Crippen molar-refractivity contribution in [3.63, 3.8) is 0 Å². The number of phosphoric ester groups is 1. The Bertz CT molecular complexity index is 963. The number of unbranched alkanes of at least 4 members (excludes halogenated alkanes) is 13. The Hall–Kier alpha value is -2.25. The SMILES string of the molecule is CC/C=C\C/C=C\C/C=C\C/C=C\CCCCC(=O)OC[C@H](COP(=O)(O)O)OC(=O)CCCCCCCCC/C=C\CCCCCC. The maximum atomic E-state index is 12.4. The lowest BCUT2D eigenvalue weighted by Gasteiger charge is -2.18. The Morgan fingerprint density at radius 1 is 0.562 bits per heavy atom. The first-order valence-electron chi connectivity index (χ1n) is 18.6. The van der Waals surface area contributed by atoms with Crippen LogP contribution < -0.4 is 0 Å². The molecule has 0 saturated heterocycles. The van der Waals surface area contributed by atoms with Gasteiger partial charge < -0.3 is 19.3 Å². The quantitative estimate of drug-likeness (QED) is 0.0301. The van der Waals surface area contributed by atoms with Crippen molar-refractivity contribution in [3.05, 3.63) is 60.8 Å². The van der Waals surface area contributed by atoms with Gasteiger partial charge in [-0.05, 0) is 77.0 Å². The van der Waals surface area contributed by atoms with Crippen molar-refractivity contribution in [2.45, 2.75) is 161 Å². The van der Waals surface area contributed by atoms with Gasteiger partial charge in [0, 0.05) is 12.8 Å². The van der Waals surface area contributed by atoms with Gasteiger partial charge in [-0.25, -0.2) is 4.57 Å². The maximum absolute atomic E-state index is 12.4. The topological polar surface area (TPSA) is 119 Å². The van der Waals surface area contributed by atoms with Gasteiger partial charge >= 0.3 is 19.8 Å². The summed E-state index contributed by atoms with van der Waals surface area (Å²) in [4.78, 5) is 42.7. The van der Waals surface area contributed by atoms with Crippen molar-refractivity contribution in [1.29, 1.82) is 0 Å². The largest absolute Gasteiger partial charge is 0.469 e. The number of carbonyl (C=O) groups excluding carboxylic acids is 2. The molecule has 0 aliphatic rings. The number of ether oxygens (including phenoxy) is 2. The van der Waals surface area contributed by atoms with Gasteiger partial charge in [-0.2, -0.15) is 0 Å². The predicted octanol–water partition coefficient (Wildman–Crippen LogP) is 11.0. The van der Waals surface area contributed by atoms with Crippen LogP contribution in [0.4, 0.5) is 0 Å². The summed E-state index contributed by atoms with van der Waals surface area (Å²) in [5.41, 5.74) is 0. The molecule has 276 valence electrons. The van der Waals surface area contributed by atoms with Gasteiger partial charge in [0.15, 0.2) is 6.10 Å². The molecular weight excluding hydrogens is 627 g/mol. The highest BCUT2D eigenvalue weighted by Gasteiger charge is 2.22. The van der Waals surface area contributed by atoms with Crippen LogP contribution in [0.3, 0.4) is 0 Å². The minimum atomic E-state index is -4.76. The summed E-state index contributed by atoms with van der Waals surface area (Å²) in [5, 5.41) is 0. The number of allylic oxidation sites excluding steroid dienone is 10. The molecule has 0 aliphatic heterocycles. The van der Waals surface area contributed by atoms with Gasteiger partial charge in [0.25, 0.3) is 0 Å². The van der Waals surface area contributed by atoms with E-state index < -0.39 is 32.5 Å². The normalized spacial score (nSPS) is 13.2. The molecule has 0 aromatic rings. The zero-order chi connectivity index (χ0) is 35.4. The van der Waals surface area contributed by atoms with E-state index >= 15 is 0 Å². The Morgan fingerprint density at radius 2 is 1.00 bits per heavy atom. The summed E-state index contributed by atoms with van der Waals surface area (Å²) >= 11 is 0. The molecule has 0 aromatic heterocycles. The van der Waals surface area contributed by atoms with E-state index in [9.17, 15) is 14.2 Å². The molecule has 0 rings (SSSR count). The number of rotatable bonds is 33. The minimum Gasteiger partial charge on any atom is -0.462 e. The van der Waals surface area contributed by atoms with Crippen LogP contribution in [0.25, 0.3) is 0 Å². The molecule has 0 unspecified atom stereocenters. The van der Waals surface area contributed by atoms with Gasteiger partial charge in [-0.1, -0.05) is 126 Å². The highest BCUT2D eigenvalue weighted by atomic mass is 31.2. The summed E-state index contributed by atoms with van der Waals surface area (Å²) in [5.74, 6) is -0.944. The molecule has 0 saturated carbocycles. The second-order valence-corrected chi connectivity index (χ2v) is 13.4. The Morgan fingerprint density at radius 3 is 1.56 bits per heavy atom. The van der Waals surface area contributed by atoms with Crippen molar-refractivity contribution in [2.75, 3.05) is 13.2 Å². The van der Waals surface area contributed by atoms with Crippen LogP contribution in [0.1, 0.15) is 155 Å². The Kier molecular flexibility index (Phi) is 33.0. The number of phosphoric acid groups is 1. The van der Waals surface area contributed by atoms with Gasteiger partial charge in [-0.15, -0.1) is 0 Å². The van der Waals surface area contributed by atoms with Crippen molar-refractivity contribution >= 4 is 19.8 Å². The van der Waals surface area contributed by atoms with E-state index in [-0.39, 0.29) is 19.4 Å². The Balaban J connectivity index is 4.06. The molecule has 0 fully saturated rings. The lowest BCUT2D eigenvalue weighted by Crippen LogP contribution is -2.29. The van der Waals surface area contributed by atoms with Gasteiger partial charge in [-0.3, -0.25) is 14.1 Å². The molecular formula is C39H67O8P. The van der Waals surface area contributed by atoms with Crippen molar-refractivity contribution in [3.8, 4) is 0 Å². The number of carbonyl (C=O) groups is 2. The third-order valence-electron chi connectivity index (χ3n) is 7.52. The first kappa shape index (κ1) is 45.8. The molecule has 0 amide bonds. The molecule has 0 spiro atoms. The summed E-state index contributed by atoms with van der Waals surface area (Å²) in [6.45, 7) is 3.50. The summed E-state index contributed by atoms with van der Waals surface area (Å²) in [7, 11) is -4.76. The van der Waals surface area contributed by atoms with Crippen LogP contribution in [0.15, 0.2) is 60.8 Å². The highest BCUT2D eigenvalue weighted by molar-refractivity contribution is 7.46. The number of hydrogen-bond acceptors (Lipinski definition) is 6. The standard InChI is InChI=1S/C39H67O8P/c1-3-5-7-9-11-13-15-17-19-21-23-25-27-29-31-33-38(40)45-35-37(36-46-48(42,43)44)47-39(41)34-32-30-28-26-24-22-20-18-16-14-12-10-8-6-4-2/h5,7,11,13-14,16-17,19,23,25,37H,3-4,6,8-10,12,15,18,20-22,24,26-36H2,1-2H3,(H2,42,43,44)/b7-5-,13-11-,16-14-,19-17-,25-23-/t37-/m1/s1. The Labute approximate surface area is 292 Å². The number of hydrogen-bond donors (Lipinski definition) is 2. The first-order chi connectivity index (χ1) is 23.3. The fourth-order valence-electron chi connectivity index (χ4n) is 4.77. The number of esters is 2. The average Bonchev–Trinajstić information content (AvgIpc) is 3.05. The smallest absolute Gasteiger partial charge is 0.462 e. The zero-order valence-corrected chi connectivity index (χ0v) is 31.0. The monoisotopic (exact) mass is 694 g/mol. The summed E-state index contributed by atoms with van der Waals surface area (Å²) in [6, 6.07) is 0. The maximum Gasteiger partial charge on any atom is 0.469 e. The van der Waals surface area contributed by atoms with E-state index in [1.165, 1.54) is 51.4 Å². The molecule has 9 heteroatoms. The van der Waals surface area contributed by atoms with Crippen LogP contribution in [-0.4, -0.2) is 41.0 Å².